The zero-order valence-electron chi connectivity index (χ0n) is 10.3. The molecule has 0 amide bonds. The first-order valence-electron chi connectivity index (χ1n) is 5.52. The third-order valence-corrected chi connectivity index (χ3v) is 4.58. The molecule has 1 aromatic rings. The van der Waals surface area contributed by atoms with Crippen molar-refractivity contribution in [1.82, 2.24) is 4.72 Å². The fourth-order valence-corrected chi connectivity index (χ4v) is 3.54. The SMILES string of the molecule is C#CCC(CC)NS(=O)(=O)c1cc(N)cc(Br)c1F. The number of sulfonamides is 1. The maximum absolute atomic E-state index is 13.9. The van der Waals surface area contributed by atoms with E-state index in [1.54, 1.807) is 6.92 Å². The van der Waals surface area contributed by atoms with Crippen LogP contribution in [0.5, 0.6) is 0 Å². The molecular weight excluding hydrogens is 335 g/mol. The van der Waals surface area contributed by atoms with Crippen LogP contribution in [-0.2, 0) is 10.0 Å². The number of rotatable bonds is 5. The van der Waals surface area contributed by atoms with E-state index in [2.05, 4.69) is 26.6 Å². The summed E-state index contributed by atoms with van der Waals surface area (Å²) in [6.45, 7) is 1.79. The summed E-state index contributed by atoms with van der Waals surface area (Å²) >= 11 is 2.92. The lowest BCUT2D eigenvalue weighted by Gasteiger charge is -2.15. The molecule has 0 aliphatic heterocycles. The van der Waals surface area contributed by atoms with Crippen LogP contribution in [-0.4, -0.2) is 14.5 Å². The fraction of sp³-hybridized carbons (Fsp3) is 0.333. The number of anilines is 1. The van der Waals surface area contributed by atoms with Gasteiger partial charge in [-0.2, -0.15) is 0 Å². The third-order valence-electron chi connectivity index (χ3n) is 2.49. The lowest BCUT2D eigenvalue weighted by atomic mass is 10.2. The number of hydrogen-bond donors (Lipinski definition) is 2. The van der Waals surface area contributed by atoms with Gasteiger partial charge in [0.2, 0.25) is 10.0 Å². The Balaban J connectivity index is 3.18. The van der Waals surface area contributed by atoms with Crippen LogP contribution < -0.4 is 10.5 Å². The van der Waals surface area contributed by atoms with Crippen LogP contribution in [0.4, 0.5) is 10.1 Å². The minimum atomic E-state index is -4.00. The number of nitrogens with one attached hydrogen (secondary N) is 1. The summed E-state index contributed by atoms with van der Waals surface area (Å²) in [4.78, 5) is -0.491. The van der Waals surface area contributed by atoms with Gasteiger partial charge in [0.15, 0.2) is 5.82 Å². The quantitative estimate of drug-likeness (QED) is 0.633. The highest BCUT2D eigenvalue weighted by Gasteiger charge is 2.24. The Morgan fingerprint density at radius 3 is 2.74 bits per heavy atom. The molecule has 0 radical (unpaired) electrons. The van der Waals surface area contributed by atoms with Crippen LogP contribution in [0.25, 0.3) is 0 Å². The van der Waals surface area contributed by atoms with Crippen molar-refractivity contribution in [2.45, 2.75) is 30.7 Å². The van der Waals surface area contributed by atoms with Gasteiger partial charge in [-0.1, -0.05) is 6.92 Å². The van der Waals surface area contributed by atoms with Crippen molar-refractivity contribution in [3.8, 4) is 12.3 Å². The van der Waals surface area contributed by atoms with Gasteiger partial charge in [-0.15, -0.1) is 12.3 Å². The van der Waals surface area contributed by atoms with Gasteiger partial charge in [-0.3, -0.25) is 0 Å². The standard InChI is InChI=1S/C12H14BrFN2O2S/c1-3-5-9(4-2)16-19(17,18)11-7-8(15)6-10(13)12(11)14/h1,6-7,9,16H,4-5,15H2,2H3. The fourth-order valence-electron chi connectivity index (χ4n) is 1.47. The van der Waals surface area contributed by atoms with Crippen LogP contribution in [0, 0.1) is 18.2 Å². The largest absolute Gasteiger partial charge is 0.399 e. The van der Waals surface area contributed by atoms with Crippen LogP contribution in [0.3, 0.4) is 0 Å². The second-order valence-corrected chi connectivity index (χ2v) is 6.49. The molecule has 1 aromatic carbocycles. The highest BCUT2D eigenvalue weighted by molar-refractivity contribution is 9.10. The van der Waals surface area contributed by atoms with Crippen molar-refractivity contribution in [1.29, 1.82) is 0 Å². The van der Waals surface area contributed by atoms with Gasteiger partial charge < -0.3 is 5.73 Å². The summed E-state index contributed by atoms with van der Waals surface area (Å²) in [7, 11) is -4.00. The molecule has 0 aliphatic rings. The molecule has 19 heavy (non-hydrogen) atoms. The Kier molecular flexibility index (Phi) is 5.35. The summed E-state index contributed by atoms with van der Waals surface area (Å²) in [5, 5.41) is 0. The monoisotopic (exact) mass is 348 g/mol. The van der Waals surface area contributed by atoms with E-state index in [0.717, 1.165) is 6.07 Å². The van der Waals surface area contributed by atoms with Gasteiger partial charge >= 0.3 is 0 Å². The first kappa shape index (κ1) is 16.0. The minimum Gasteiger partial charge on any atom is -0.399 e. The Morgan fingerprint density at radius 1 is 1.58 bits per heavy atom. The van der Waals surface area contributed by atoms with Crippen molar-refractivity contribution in [2.24, 2.45) is 0 Å². The van der Waals surface area contributed by atoms with Gasteiger partial charge in [0.1, 0.15) is 4.90 Å². The molecule has 0 saturated heterocycles. The second kappa shape index (κ2) is 6.37. The van der Waals surface area contributed by atoms with Crippen molar-refractivity contribution in [3.63, 3.8) is 0 Å². The summed E-state index contributed by atoms with van der Waals surface area (Å²) in [6, 6.07) is 1.94. The van der Waals surface area contributed by atoms with Gasteiger partial charge in [0.25, 0.3) is 0 Å². The van der Waals surface area contributed by atoms with Crippen LogP contribution in [0.2, 0.25) is 0 Å². The molecule has 0 saturated carbocycles. The average Bonchev–Trinajstić information content (AvgIpc) is 2.32. The molecule has 7 heteroatoms. The predicted octanol–water partition coefficient (Wildman–Crippen LogP) is 2.25. The Hall–Kier alpha value is -1.10. The van der Waals surface area contributed by atoms with E-state index in [0.29, 0.717) is 6.42 Å². The smallest absolute Gasteiger partial charge is 0.243 e. The van der Waals surface area contributed by atoms with Crippen molar-refractivity contribution in [3.05, 3.63) is 22.4 Å². The van der Waals surface area contributed by atoms with Gasteiger partial charge in [0.05, 0.1) is 4.47 Å². The zero-order chi connectivity index (χ0) is 14.6. The van der Waals surface area contributed by atoms with Crippen molar-refractivity contribution >= 4 is 31.6 Å². The first-order chi connectivity index (χ1) is 8.81. The lowest BCUT2D eigenvalue weighted by molar-refractivity contribution is 0.529. The summed E-state index contributed by atoms with van der Waals surface area (Å²) in [6.07, 6.45) is 5.90. The van der Waals surface area contributed by atoms with E-state index in [-0.39, 0.29) is 16.6 Å². The van der Waals surface area contributed by atoms with E-state index >= 15 is 0 Å². The van der Waals surface area contributed by atoms with Crippen LogP contribution in [0.15, 0.2) is 21.5 Å². The molecule has 0 aromatic heterocycles. The normalized spacial score (nSPS) is 12.9. The summed E-state index contributed by atoms with van der Waals surface area (Å²) in [5.74, 6) is 1.50. The molecule has 1 rings (SSSR count). The number of hydrogen-bond acceptors (Lipinski definition) is 3. The van der Waals surface area contributed by atoms with Crippen LogP contribution in [0.1, 0.15) is 19.8 Å². The van der Waals surface area contributed by atoms with E-state index < -0.39 is 26.8 Å². The third kappa shape index (κ3) is 3.93. The Labute approximate surface area is 120 Å². The molecule has 0 fully saturated rings. The number of nitrogens with two attached hydrogens (primary N) is 1. The molecule has 0 aliphatic carbocycles. The number of nitrogen functional groups attached to an aromatic ring is 1. The maximum Gasteiger partial charge on any atom is 0.243 e. The topological polar surface area (TPSA) is 72.2 Å². The molecular formula is C12H14BrFN2O2S. The molecule has 104 valence electrons. The van der Waals surface area contributed by atoms with Gasteiger partial charge in [-0.25, -0.2) is 17.5 Å². The van der Waals surface area contributed by atoms with Crippen molar-refractivity contribution in [2.75, 3.05) is 5.73 Å². The molecule has 0 spiro atoms. The zero-order valence-corrected chi connectivity index (χ0v) is 12.7. The van der Waals surface area contributed by atoms with E-state index in [9.17, 15) is 12.8 Å². The van der Waals surface area contributed by atoms with Gasteiger partial charge in [0, 0.05) is 18.2 Å². The molecule has 1 atom stereocenters. The average molecular weight is 349 g/mol. The lowest BCUT2D eigenvalue weighted by Crippen LogP contribution is -2.34. The number of halogens is 2. The molecule has 4 nitrogen and oxygen atoms in total. The van der Waals surface area contributed by atoms with Crippen LogP contribution >= 0.6 is 15.9 Å². The second-order valence-electron chi connectivity index (χ2n) is 3.95. The predicted molar refractivity (Wildman–Crippen MR) is 76.4 cm³/mol. The minimum absolute atomic E-state index is 0.00197. The number of terminal acetylenes is 1. The van der Waals surface area contributed by atoms with Crippen molar-refractivity contribution < 1.29 is 12.8 Å². The number of benzene rings is 1. The Morgan fingerprint density at radius 2 is 2.21 bits per heavy atom. The molecule has 0 bridgehead atoms. The Bertz CT molecular complexity index is 611. The van der Waals surface area contributed by atoms with Gasteiger partial charge in [-0.05, 0) is 34.5 Å². The highest BCUT2D eigenvalue weighted by Crippen LogP contribution is 2.26. The summed E-state index contributed by atoms with van der Waals surface area (Å²) in [5.41, 5.74) is 5.68. The summed E-state index contributed by atoms with van der Waals surface area (Å²) < 4.78 is 40.4. The molecule has 3 N–H and O–H groups in total. The first-order valence-corrected chi connectivity index (χ1v) is 7.79. The highest BCUT2D eigenvalue weighted by atomic mass is 79.9. The van der Waals surface area contributed by atoms with E-state index in [4.69, 9.17) is 12.2 Å². The van der Waals surface area contributed by atoms with E-state index in [1.165, 1.54) is 6.07 Å². The molecule has 0 heterocycles. The molecule has 1 unspecified atom stereocenters. The maximum atomic E-state index is 13.9. The van der Waals surface area contributed by atoms with E-state index in [1.807, 2.05) is 0 Å².